The maximum atomic E-state index is 12.0. The van der Waals surface area contributed by atoms with E-state index < -0.39 is 5.97 Å². The van der Waals surface area contributed by atoms with E-state index in [0.717, 1.165) is 16.8 Å². The van der Waals surface area contributed by atoms with Crippen LogP contribution < -0.4 is 5.32 Å². The molecule has 0 saturated carbocycles. The van der Waals surface area contributed by atoms with Crippen LogP contribution in [0.15, 0.2) is 42.5 Å². The number of carbonyl (C=O) groups excluding carboxylic acids is 1. The zero-order valence-corrected chi connectivity index (χ0v) is 11.5. The highest BCUT2D eigenvalue weighted by atomic mass is 35.5. The minimum Gasteiger partial charge on any atom is -0.478 e. The van der Waals surface area contributed by atoms with Crippen LogP contribution in [0.4, 0.5) is 5.69 Å². The van der Waals surface area contributed by atoms with E-state index in [1.807, 2.05) is 0 Å². The standard InChI is InChI=1S/C16H10ClNO3/c17-11-5-6-14-12(8-11)13(15(19)18-14)7-9-1-3-10(4-2-9)16(20)21/h1-8H,(H,18,19)(H,20,21). The summed E-state index contributed by atoms with van der Waals surface area (Å²) in [5.74, 6) is -1.18. The number of aromatic carboxylic acids is 1. The van der Waals surface area contributed by atoms with Crippen LogP contribution in [0, 0.1) is 0 Å². The van der Waals surface area contributed by atoms with Gasteiger partial charge in [0.25, 0.3) is 5.91 Å². The molecule has 1 heterocycles. The van der Waals surface area contributed by atoms with Crippen LogP contribution in [0.1, 0.15) is 21.5 Å². The molecule has 5 heteroatoms. The molecule has 2 aromatic carbocycles. The van der Waals surface area contributed by atoms with Gasteiger partial charge in [0.15, 0.2) is 0 Å². The van der Waals surface area contributed by atoms with Crippen LogP contribution in [-0.4, -0.2) is 17.0 Å². The number of rotatable bonds is 2. The molecule has 0 aliphatic carbocycles. The average Bonchev–Trinajstić information content (AvgIpc) is 2.76. The summed E-state index contributed by atoms with van der Waals surface area (Å²) in [6.07, 6.45) is 1.71. The van der Waals surface area contributed by atoms with E-state index in [0.29, 0.717) is 10.6 Å². The van der Waals surface area contributed by atoms with E-state index in [2.05, 4.69) is 5.32 Å². The van der Waals surface area contributed by atoms with Gasteiger partial charge in [-0.05, 0) is 42.0 Å². The molecule has 1 aliphatic rings. The van der Waals surface area contributed by atoms with E-state index in [1.165, 1.54) is 12.1 Å². The number of anilines is 1. The molecule has 0 radical (unpaired) electrons. The van der Waals surface area contributed by atoms with Crippen molar-refractivity contribution in [3.8, 4) is 0 Å². The molecular weight excluding hydrogens is 290 g/mol. The van der Waals surface area contributed by atoms with Crippen LogP contribution in [0.25, 0.3) is 11.6 Å². The lowest BCUT2D eigenvalue weighted by Gasteiger charge is -2.00. The number of halogens is 1. The third kappa shape index (κ3) is 2.53. The molecule has 0 unspecified atom stereocenters. The van der Waals surface area contributed by atoms with Crippen LogP contribution in [0.5, 0.6) is 0 Å². The van der Waals surface area contributed by atoms with Gasteiger partial charge in [0.1, 0.15) is 0 Å². The molecule has 2 aromatic rings. The van der Waals surface area contributed by atoms with Gasteiger partial charge in [0.05, 0.1) is 5.56 Å². The quantitative estimate of drug-likeness (QED) is 0.834. The van der Waals surface area contributed by atoms with Crippen molar-refractivity contribution in [2.45, 2.75) is 0 Å². The summed E-state index contributed by atoms with van der Waals surface area (Å²) in [6.45, 7) is 0. The summed E-state index contributed by atoms with van der Waals surface area (Å²) in [6, 6.07) is 11.5. The minimum atomic E-state index is -0.982. The van der Waals surface area contributed by atoms with E-state index in [1.54, 1.807) is 36.4 Å². The fourth-order valence-corrected chi connectivity index (χ4v) is 2.36. The molecule has 0 spiro atoms. The fraction of sp³-hybridized carbons (Fsp3) is 0. The van der Waals surface area contributed by atoms with Crippen molar-refractivity contribution in [2.75, 3.05) is 5.32 Å². The maximum Gasteiger partial charge on any atom is 0.335 e. The van der Waals surface area contributed by atoms with E-state index in [9.17, 15) is 9.59 Å². The van der Waals surface area contributed by atoms with Crippen LogP contribution in [0.2, 0.25) is 5.02 Å². The molecule has 3 rings (SSSR count). The third-order valence-electron chi connectivity index (χ3n) is 3.23. The third-order valence-corrected chi connectivity index (χ3v) is 3.47. The first-order chi connectivity index (χ1) is 10.0. The van der Waals surface area contributed by atoms with Gasteiger partial charge in [-0.2, -0.15) is 0 Å². The van der Waals surface area contributed by atoms with Gasteiger partial charge in [0, 0.05) is 21.8 Å². The van der Waals surface area contributed by atoms with Crippen molar-refractivity contribution in [3.63, 3.8) is 0 Å². The van der Waals surface area contributed by atoms with Crippen LogP contribution in [0.3, 0.4) is 0 Å². The Morgan fingerprint density at radius 3 is 2.52 bits per heavy atom. The predicted molar refractivity (Wildman–Crippen MR) is 81.4 cm³/mol. The average molecular weight is 300 g/mol. The number of fused-ring (bicyclic) bond motifs is 1. The molecule has 0 aromatic heterocycles. The zero-order chi connectivity index (χ0) is 15.0. The molecule has 21 heavy (non-hydrogen) atoms. The summed E-state index contributed by atoms with van der Waals surface area (Å²) in [5.41, 5.74) is 2.93. The van der Waals surface area contributed by atoms with Crippen molar-refractivity contribution < 1.29 is 14.7 Å². The van der Waals surface area contributed by atoms with Gasteiger partial charge in [0.2, 0.25) is 0 Å². The molecule has 0 fully saturated rings. The van der Waals surface area contributed by atoms with Gasteiger partial charge < -0.3 is 10.4 Å². The second-order valence-electron chi connectivity index (χ2n) is 4.63. The second-order valence-corrected chi connectivity index (χ2v) is 5.07. The molecule has 4 nitrogen and oxygen atoms in total. The first-order valence-corrected chi connectivity index (χ1v) is 6.59. The number of nitrogens with one attached hydrogen (secondary N) is 1. The smallest absolute Gasteiger partial charge is 0.335 e. The Labute approximate surface area is 125 Å². The Bertz CT molecular complexity index is 779. The lowest BCUT2D eigenvalue weighted by Crippen LogP contribution is -2.03. The maximum absolute atomic E-state index is 12.0. The number of hydrogen-bond acceptors (Lipinski definition) is 2. The van der Waals surface area contributed by atoms with Gasteiger partial charge in [-0.1, -0.05) is 23.7 Å². The lowest BCUT2D eigenvalue weighted by atomic mass is 10.0. The van der Waals surface area contributed by atoms with E-state index >= 15 is 0 Å². The minimum absolute atomic E-state index is 0.199. The second kappa shape index (κ2) is 5.07. The topological polar surface area (TPSA) is 66.4 Å². The van der Waals surface area contributed by atoms with Gasteiger partial charge in [-0.15, -0.1) is 0 Å². The summed E-state index contributed by atoms with van der Waals surface area (Å²) in [4.78, 5) is 22.8. The summed E-state index contributed by atoms with van der Waals surface area (Å²) in [5, 5.41) is 12.2. The Morgan fingerprint density at radius 2 is 1.86 bits per heavy atom. The Morgan fingerprint density at radius 1 is 1.14 bits per heavy atom. The Balaban J connectivity index is 2.02. The highest BCUT2D eigenvalue weighted by Crippen LogP contribution is 2.34. The van der Waals surface area contributed by atoms with Gasteiger partial charge in [-0.25, -0.2) is 4.79 Å². The largest absolute Gasteiger partial charge is 0.478 e. The van der Waals surface area contributed by atoms with E-state index in [-0.39, 0.29) is 11.5 Å². The van der Waals surface area contributed by atoms with Crippen molar-refractivity contribution in [1.82, 2.24) is 0 Å². The summed E-state index contributed by atoms with van der Waals surface area (Å²) >= 11 is 5.96. The molecule has 104 valence electrons. The highest BCUT2D eigenvalue weighted by Gasteiger charge is 2.24. The van der Waals surface area contributed by atoms with Crippen LogP contribution in [-0.2, 0) is 4.79 Å². The van der Waals surface area contributed by atoms with Crippen molar-refractivity contribution >= 4 is 40.8 Å². The van der Waals surface area contributed by atoms with Crippen molar-refractivity contribution in [3.05, 3.63) is 64.2 Å². The Hall–Kier alpha value is -2.59. The highest BCUT2D eigenvalue weighted by molar-refractivity contribution is 6.36. The number of amides is 1. The molecular formula is C16H10ClNO3. The number of hydrogen-bond donors (Lipinski definition) is 2. The van der Waals surface area contributed by atoms with Crippen LogP contribution >= 0.6 is 11.6 Å². The fourth-order valence-electron chi connectivity index (χ4n) is 2.19. The van der Waals surface area contributed by atoms with Crippen molar-refractivity contribution in [2.24, 2.45) is 0 Å². The normalized spacial score (nSPS) is 14.9. The predicted octanol–water partition coefficient (Wildman–Crippen LogP) is 3.53. The Kier molecular flexibility index (Phi) is 3.23. The van der Waals surface area contributed by atoms with E-state index in [4.69, 9.17) is 16.7 Å². The first-order valence-electron chi connectivity index (χ1n) is 6.21. The molecule has 1 amide bonds. The molecule has 1 aliphatic heterocycles. The van der Waals surface area contributed by atoms with Gasteiger partial charge >= 0.3 is 5.97 Å². The number of carbonyl (C=O) groups is 2. The zero-order valence-electron chi connectivity index (χ0n) is 10.8. The SMILES string of the molecule is O=C1Nc2ccc(Cl)cc2C1=Cc1ccc(C(=O)O)cc1. The summed E-state index contributed by atoms with van der Waals surface area (Å²) in [7, 11) is 0. The number of carboxylic acid groups (broad SMARTS) is 1. The lowest BCUT2D eigenvalue weighted by molar-refractivity contribution is -0.110. The first kappa shape index (κ1) is 13.4. The molecule has 0 saturated heterocycles. The number of benzene rings is 2. The van der Waals surface area contributed by atoms with Crippen molar-refractivity contribution in [1.29, 1.82) is 0 Å². The molecule has 2 N–H and O–H groups in total. The van der Waals surface area contributed by atoms with Gasteiger partial charge in [-0.3, -0.25) is 4.79 Å². The molecule has 0 atom stereocenters. The summed E-state index contributed by atoms with van der Waals surface area (Å²) < 4.78 is 0. The number of carboxylic acids is 1. The molecule has 0 bridgehead atoms. The monoisotopic (exact) mass is 299 g/mol.